The number of hydrogen-bond donors (Lipinski definition) is 1. The third kappa shape index (κ3) is 3.36. The predicted octanol–water partition coefficient (Wildman–Crippen LogP) is 0.766. The average Bonchev–Trinajstić information content (AvgIpc) is 2.50. The number of carbonyl (C=O) groups excluding carboxylic acids is 1. The molecule has 5 heteroatoms. The fourth-order valence-electron chi connectivity index (χ4n) is 1.57. The number of halogens is 1. The van der Waals surface area contributed by atoms with Crippen molar-refractivity contribution in [3.05, 3.63) is 0 Å². The Hall–Kier alpha value is 0.120. The van der Waals surface area contributed by atoms with Gasteiger partial charge in [-0.3, -0.25) is 4.79 Å². The van der Waals surface area contributed by atoms with Crippen LogP contribution in [0, 0.1) is 0 Å². The molecule has 14 heavy (non-hydrogen) atoms. The van der Waals surface area contributed by atoms with Crippen molar-refractivity contribution >= 4 is 28.5 Å². The number of aliphatic hydroxyl groups excluding tert-OH is 1. The summed E-state index contributed by atoms with van der Waals surface area (Å²) >= 11 is 2.19. The molecule has 1 unspecified atom stereocenters. The van der Waals surface area contributed by atoms with Crippen molar-refractivity contribution in [1.29, 1.82) is 0 Å². The van der Waals surface area contributed by atoms with Gasteiger partial charge in [0.15, 0.2) is 0 Å². The highest BCUT2D eigenvalue weighted by atomic mass is 127. The normalized spacial score (nSPS) is 26.3. The smallest absolute Gasteiger partial charge is 0.251 e. The summed E-state index contributed by atoms with van der Waals surface area (Å²) in [4.78, 5) is 13.1. The molecular formula is C9H16INO3. The van der Waals surface area contributed by atoms with Crippen LogP contribution >= 0.6 is 22.6 Å². The van der Waals surface area contributed by atoms with E-state index in [-0.39, 0.29) is 16.1 Å². The molecule has 1 saturated heterocycles. The predicted molar refractivity (Wildman–Crippen MR) is 61.2 cm³/mol. The first-order valence-corrected chi connectivity index (χ1v) is 6.01. The molecule has 1 aliphatic rings. The summed E-state index contributed by atoms with van der Waals surface area (Å²) in [7, 11) is 0. The monoisotopic (exact) mass is 313 g/mol. The molecule has 1 aliphatic heterocycles. The molecule has 1 heterocycles. The van der Waals surface area contributed by atoms with E-state index in [1.165, 1.54) is 6.92 Å². The summed E-state index contributed by atoms with van der Waals surface area (Å²) in [6, 6.07) is 0. The first-order chi connectivity index (χ1) is 6.50. The molecule has 4 nitrogen and oxygen atoms in total. The highest BCUT2D eigenvalue weighted by Gasteiger charge is 2.29. The molecule has 0 spiro atoms. The summed E-state index contributed by atoms with van der Waals surface area (Å²) in [6.07, 6.45) is 0.0987. The van der Waals surface area contributed by atoms with E-state index in [1.807, 2.05) is 6.92 Å². The Bertz CT molecular complexity index is 208. The molecule has 0 aromatic heterocycles. The zero-order valence-corrected chi connectivity index (χ0v) is 10.6. The molecule has 1 N–H and O–H groups in total. The molecule has 0 aromatic rings. The highest BCUT2D eigenvalue weighted by Crippen LogP contribution is 2.17. The number of alkyl halides is 1. The third-order valence-electron chi connectivity index (χ3n) is 2.19. The molecule has 1 fully saturated rings. The van der Waals surface area contributed by atoms with E-state index in [2.05, 4.69) is 22.6 Å². The van der Waals surface area contributed by atoms with Crippen LogP contribution in [0.5, 0.6) is 0 Å². The Morgan fingerprint density at radius 3 is 2.79 bits per heavy atom. The fourth-order valence-corrected chi connectivity index (χ4v) is 1.98. The summed E-state index contributed by atoms with van der Waals surface area (Å²) in [6.45, 7) is 4.77. The minimum absolute atomic E-state index is 0.129. The van der Waals surface area contributed by atoms with Crippen molar-refractivity contribution < 1.29 is 14.6 Å². The number of ether oxygens (including phenoxy) is 1. The second-order valence-corrected chi connectivity index (χ2v) is 5.30. The molecule has 82 valence electrons. The zero-order valence-electron chi connectivity index (χ0n) is 8.44. The third-order valence-corrected chi connectivity index (χ3v) is 2.49. The number of amides is 1. The van der Waals surface area contributed by atoms with E-state index >= 15 is 0 Å². The first kappa shape index (κ1) is 12.2. The number of carbonyl (C=O) groups is 1. The van der Waals surface area contributed by atoms with Crippen LogP contribution < -0.4 is 0 Å². The quantitative estimate of drug-likeness (QED) is 0.618. The van der Waals surface area contributed by atoms with E-state index in [4.69, 9.17) is 9.84 Å². The summed E-state index contributed by atoms with van der Waals surface area (Å²) in [5, 5.41) is 9.12. The number of rotatable bonds is 3. The molecule has 1 amide bonds. The van der Waals surface area contributed by atoms with E-state index in [1.54, 1.807) is 4.90 Å². The highest BCUT2D eigenvalue weighted by molar-refractivity contribution is 14.1. The topological polar surface area (TPSA) is 49.8 Å². The van der Waals surface area contributed by atoms with Gasteiger partial charge in [0.25, 0.3) is 5.91 Å². The average molecular weight is 313 g/mol. The summed E-state index contributed by atoms with van der Waals surface area (Å²) < 4.78 is 5.75. The minimum Gasteiger partial charge on any atom is -0.384 e. The van der Waals surface area contributed by atoms with Crippen LogP contribution in [-0.2, 0) is 9.53 Å². The van der Waals surface area contributed by atoms with Crippen molar-refractivity contribution in [1.82, 2.24) is 4.90 Å². The van der Waals surface area contributed by atoms with E-state index in [9.17, 15) is 4.79 Å². The lowest BCUT2D eigenvalue weighted by molar-refractivity contribution is -0.138. The lowest BCUT2D eigenvalue weighted by Gasteiger charge is -2.18. The SMILES string of the molecule is CC(I)O[C@H]1CCN(C(=O)[C@@H](C)O)C1. The first-order valence-electron chi connectivity index (χ1n) is 4.77. The van der Waals surface area contributed by atoms with E-state index in [0.29, 0.717) is 13.1 Å². The van der Waals surface area contributed by atoms with Gasteiger partial charge in [-0.1, -0.05) is 22.6 Å². The standard InChI is InChI=1S/C9H16INO3/c1-6(12)9(13)11-4-3-8(5-11)14-7(2)10/h6-8,12H,3-5H2,1-2H3/t6-,7?,8+/m1/s1. The van der Waals surface area contributed by atoms with E-state index < -0.39 is 6.10 Å². The van der Waals surface area contributed by atoms with Crippen LogP contribution in [0.3, 0.4) is 0 Å². The van der Waals surface area contributed by atoms with Crippen LogP contribution in [0.4, 0.5) is 0 Å². The van der Waals surface area contributed by atoms with Gasteiger partial charge in [0.2, 0.25) is 0 Å². The lowest BCUT2D eigenvalue weighted by Crippen LogP contribution is -2.37. The number of hydrogen-bond acceptors (Lipinski definition) is 3. The molecule has 3 atom stereocenters. The maximum absolute atomic E-state index is 11.4. The molecule has 0 bridgehead atoms. The Morgan fingerprint density at radius 1 is 1.64 bits per heavy atom. The fraction of sp³-hybridized carbons (Fsp3) is 0.889. The van der Waals surface area contributed by atoms with Gasteiger partial charge < -0.3 is 14.7 Å². The molecule has 1 rings (SSSR count). The number of aliphatic hydroxyl groups is 1. The van der Waals surface area contributed by atoms with Gasteiger partial charge in [0, 0.05) is 13.1 Å². The van der Waals surface area contributed by atoms with Crippen molar-refractivity contribution in [2.45, 2.75) is 36.6 Å². The zero-order chi connectivity index (χ0) is 10.7. The molecule has 0 aliphatic carbocycles. The van der Waals surface area contributed by atoms with Gasteiger partial charge in [-0.2, -0.15) is 0 Å². The minimum atomic E-state index is -0.897. The van der Waals surface area contributed by atoms with Crippen LogP contribution in [0.2, 0.25) is 0 Å². The van der Waals surface area contributed by atoms with Crippen molar-refractivity contribution in [2.24, 2.45) is 0 Å². The molecular weight excluding hydrogens is 297 g/mol. The second kappa shape index (κ2) is 5.27. The second-order valence-electron chi connectivity index (χ2n) is 3.55. The largest absolute Gasteiger partial charge is 0.384 e. The Kier molecular flexibility index (Phi) is 4.59. The van der Waals surface area contributed by atoms with Gasteiger partial charge in [-0.05, 0) is 20.3 Å². The number of nitrogens with zero attached hydrogens (tertiary/aromatic N) is 1. The van der Waals surface area contributed by atoms with Crippen molar-refractivity contribution in [3.8, 4) is 0 Å². The van der Waals surface area contributed by atoms with Gasteiger partial charge in [0.05, 0.1) is 6.10 Å². The Labute approximate surface area is 97.7 Å². The summed E-state index contributed by atoms with van der Waals surface area (Å²) in [5.74, 6) is -0.197. The number of likely N-dealkylation sites (tertiary alicyclic amines) is 1. The van der Waals surface area contributed by atoms with Crippen LogP contribution in [0.25, 0.3) is 0 Å². The molecule has 0 radical (unpaired) electrons. The van der Waals surface area contributed by atoms with Crippen LogP contribution in [0.1, 0.15) is 20.3 Å². The van der Waals surface area contributed by atoms with Gasteiger partial charge >= 0.3 is 0 Å². The van der Waals surface area contributed by atoms with Crippen molar-refractivity contribution in [2.75, 3.05) is 13.1 Å². The van der Waals surface area contributed by atoms with Crippen LogP contribution in [-0.4, -0.2) is 45.3 Å². The Morgan fingerprint density at radius 2 is 2.29 bits per heavy atom. The maximum Gasteiger partial charge on any atom is 0.251 e. The van der Waals surface area contributed by atoms with E-state index in [0.717, 1.165) is 6.42 Å². The molecule has 0 saturated carbocycles. The van der Waals surface area contributed by atoms with Crippen LogP contribution in [0.15, 0.2) is 0 Å². The van der Waals surface area contributed by atoms with Gasteiger partial charge in [-0.25, -0.2) is 0 Å². The lowest BCUT2D eigenvalue weighted by atomic mass is 10.3. The molecule has 0 aromatic carbocycles. The van der Waals surface area contributed by atoms with Gasteiger partial charge in [0.1, 0.15) is 10.2 Å². The van der Waals surface area contributed by atoms with Gasteiger partial charge in [-0.15, -0.1) is 0 Å². The maximum atomic E-state index is 11.4. The summed E-state index contributed by atoms with van der Waals surface area (Å²) in [5.41, 5.74) is 0. The Balaban J connectivity index is 2.37. The van der Waals surface area contributed by atoms with Crippen molar-refractivity contribution in [3.63, 3.8) is 0 Å².